The zero-order chi connectivity index (χ0) is 24.1. The summed E-state index contributed by atoms with van der Waals surface area (Å²) in [5.41, 5.74) is 0.588. The van der Waals surface area contributed by atoms with Crippen LogP contribution in [0.3, 0.4) is 0 Å². The Hall–Kier alpha value is -2.70. The molecule has 2 N–H and O–H groups in total. The molecule has 0 radical (unpaired) electrons. The Morgan fingerprint density at radius 1 is 1.22 bits per heavy atom. The minimum absolute atomic E-state index is 0.0713. The molecule has 0 aliphatic carbocycles. The number of amides is 1. The van der Waals surface area contributed by atoms with E-state index in [0.717, 1.165) is 11.8 Å². The molecule has 0 aliphatic rings. The fourth-order valence-corrected chi connectivity index (χ4v) is 5.57. The number of hydrogen-bond donors (Lipinski definition) is 2. The third-order valence-corrected chi connectivity index (χ3v) is 7.78. The molecule has 1 amide bonds. The van der Waals surface area contributed by atoms with Gasteiger partial charge in [-0.3, -0.25) is 4.79 Å². The van der Waals surface area contributed by atoms with Gasteiger partial charge in [0.1, 0.15) is 10.6 Å². The van der Waals surface area contributed by atoms with Crippen LogP contribution in [0, 0.1) is 13.8 Å². The van der Waals surface area contributed by atoms with Crippen molar-refractivity contribution in [1.82, 2.24) is 14.3 Å². The van der Waals surface area contributed by atoms with Gasteiger partial charge in [-0.25, -0.2) is 18.0 Å². The fraction of sp³-hybridized carbons (Fsp3) is 0.400. The number of aromatic nitrogens is 2. The molecule has 2 rings (SSSR count). The van der Waals surface area contributed by atoms with Crippen LogP contribution in [0.2, 0.25) is 0 Å². The number of carbonyl (C=O) groups excluding carboxylic acids is 2. The maximum absolute atomic E-state index is 12.9. The van der Waals surface area contributed by atoms with Crippen LogP contribution in [0.4, 0.5) is 5.69 Å². The highest BCUT2D eigenvalue weighted by Gasteiger charge is 2.24. The summed E-state index contributed by atoms with van der Waals surface area (Å²) in [5.74, 6) is -1.30. The van der Waals surface area contributed by atoms with Gasteiger partial charge < -0.3 is 15.0 Å². The zero-order valence-corrected chi connectivity index (χ0v) is 20.1. The van der Waals surface area contributed by atoms with E-state index in [1.54, 1.807) is 32.9 Å². The number of hydrogen-bond acceptors (Lipinski definition) is 8. The molecule has 1 heterocycles. The Morgan fingerprint density at radius 2 is 1.88 bits per heavy atom. The highest BCUT2D eigenvalue weighted by atomic mass is 32.2. The van der Waals surface area contributed by atoms with Gasteiger partial charge in [-0.1, -0.05) is 31.7 Å². The molecule has 2 aromatic rings. The monoisotopic (exact) mass is 482 g/mol. The van der Waals surface area contributed by atoms with Gasteiger partial charge in [0.15, 0.2) is 0 Å². The molecule has 0 saturated carbocycles. The first-order valence-corrected chi connectivity index (χ1v) is 12.2. The van der Waals surface area contributed by atoms with Crippen LogP contribution in [0.1, 0.15) is 35.5 Å². The molecule has 174 valence electrons. The first-order valence-electron chi connectivity index (χ1n) is 9.77. The lowest BCUT2D eigenvalue weighted by Gasteiger charge is -2.20. The predicted octanol–water partition coefficient (Wildman–Crippen LogP) is 1.93. The van der Waals surface area contributed by atoms with E-state index in [0.29, 0.717) is 24.3 Å². The number of nitrogens with one attached hydrogen (secondary N) is 2. The van der Waals surface area contributed by atoms with E-state index in [-0.39, 0.29) is 26.9 Å². The largest absolute Gasteiger partial charge is 0.465 e. The molecule has 0 bridgehead atoms. The summed E-state index contributed by atoms with van der Waals surface area (Å²) in [5, 5.41) is 2.72. The van der Waals surface area contributed by atoms with Crippen molar-refractivity contribution in [3.8, 4) is 0 Å². The van der Waals surface area contributed by atoms with Gasteiger partial charge in [-0.15, -0.1) is 0 Å². The standard InChI is InChI=1S/C20H26N4O6S2/c1-6-24(7-2)32(28,29)15-10-14(9-8-12(15)3)22-16(25)11-31-18-17(19(26)30-5)13(4)21-20(27)23-18/h8-10H,6-7,11H2,1-5H3,(H,22,25)(H,21,23,27). The second kappa shape index (κ2) is 10.7. The van der Waals surface area contributed by atoms with Crippen molar-refractivity contribution in [1.29, 1.82) is 0 Å². The van der Waals surface area contributed by atoms with E-state index in [1.807, 2.05) is 0 Å². The minimum atomic E-state index is -3.70. The average molecular weight is 483 g/mol. The summed E-state index contributed by atoms with van der Waals surface area (Å²) in [7, 11) is -2.49. The maximum atomic E-state index is 12.9. The highest BCUT2D eigenvalue weighted by molar-refractivity contribution is 8.00. The smallest absolute Gasteiger partial charge is 0.346 e. The normalized spacial score (nSPS) is 11.4. The highest BCUT2D eigenvalue weighted by Crippen LogP contribution is 2.25. The maximum Gasteiger partial charge on any atom is 0.346 e. The lowest BCUT2D eigenvalue weighted by atomic mass is 10.2. The number of benzene rings is 1. The number of aryl methyl sites for hydroxylation is 2. The van der Waals surface area contributed by atoms with Gasteiger partial charge in [-0.2, -0.15) is 9.29 Å². The lowest BCUT2D eigenvalue weighted by Crippen LogP contribution is -2.31. The Labute approximate surface area is 190 Å². The van der Waals surface area contributed by atoms with Crippen molar-refractivity contribution >= 4 is 39.3 Å². The quantitative estimate of drug-likeness (QED) is 0.314. The van der Waals surface area contributed by atoms with Crippen LogP contribution in [-0.2, 0) is 19.6 Å². The van der Waals surface area contributed by atoms with Crippen LogP contribution in [-0.4, -0.2) is 60.5 Å². The van der Waals surface area contributed by atoms with Gasteiger partial charge >= 0.3 is 11.7 Å². The number of H-pyrrole nitrogens is 1. The van der Waals surface area contributed by atoms with E-state index in [9.17, 15) is 22.8 Å². The Morgan fingerprint density at radius 3 is 2.47 bits per heavy atom. The molecular formula is C20H26N4O6S2. The fourth-order valence-electron chi connectivity index (χ4n) is 3.00. The third kappa shape index (κ3) is 5.75. The Balaban J connectivity index is 2.22. The lowest BCUT2D eigenvalue weighted by molar-refractivity contribution is -0.113. The molecular weight excluding hydrogens is 456 g/mol. The van der Waals surface area contributed by atoms with E-state index >= 15 is 0 Å². The number of carbonyl (C=O) groups is 2. The van der Waals surface area contributed by atoms with Crippen LogP contribution < -0.4 is 11.0 Å². The van der Waals surface area contributed by atoms with E-state index in [1.165, 1.54) is 24.4 Å². The van der Waals surface area contributed by atoms with Gasteiger partial charge in [0, 0.05) is 24.5 Å². The Kier molecular flexibility index (Phi) is 8.58. The summed E-state index contributed by atoms with van der Waals surface area (Å²) in [6.07, 6.45) is 0. The molecule has 0 fully saturated rings. The number of rotatable bonds is 9. The van der Waals surface area contributed by atoms with Crippen molar-refractivity contribution in [2.24, 2.45) is 0 Å². The summed E-state index contributed by atoms with van der Waals surface area (Å²) in [6, 6.07) is 4.64. The van der Waals surface area contributed by atoms with Crippen molar-refractivity contribution in [2.45, 2.75) is 37.6 Å². The first-order chi connectivity index (χ1) is 15.0. The summed E-state index contributed by atoms with van der Waals surface area (Å²) in [6.45, 7) is 7.39. The SMILES string of the molecule is CCN(CC)S(=O)(=O)c1cc(NC(=O)CSc2nc(=O)[nH]c(C)c2C(=O)OC)ccc1C. The average Bonchev–Trinajstić information content (AvgIpc) is 2.73. The summed E-state index contributed by atoms with van der Waals surface area (Å²) in [4.78, 5) is 42.5. The molecule has 0 aliphatic heterocycles. The molecule has 0 atom stereocenters. The number of anilines is 1. The number of methoxy groups -OCH3 is 1. The molecule has 0 unspecified atom stereocenters. The topological polar surface area (TPSA) is 139 Å². The van der Waals surface area contributed by atoms with Gasteiger partial charge in [0.2, 0.25) is 15.9 Å². The molecule has 10 nitrogen and oxygen atoms in total. The van der Waals surface area contributed by atoms with Crippen molar-refractivity contribution in [2.75, 3.05) is 31.3 Å². The molecule has 32 heavy (non-hydrogen) atoms. The second-order valence-corrected chi connectivity index (χ2v) is 9.62. The minimum Gasteiger partial charge on any atom is -0.465 e. The zero-order valence-electron chi connectivity index (χ0n) is 18.5. The number of aromatic amines is 1. The predicted molar refractivity (Wildman–Crippen MR) is 122 cm³/mol. The molecule has 1 aromatic heterocycles. The van der Waals surface area contributed by atoms with Crippen LogP contribution in [0.15, 0.2) is 32.9 Å². The Bertz CT molecular complexity index is 1170. The molecule has 1 aromatic carbocycles. The summed E-state index contributed by atoms with van der Waals surface area (Å²) >= 11 is 0.901. The van der Waals surface area contributed by atoms with Crippen molar-refractivity contribution in [3.63, 3.8) is 0 Å². The van der Waals surface area contributed by atoms with E-state index < -0.39 is 27.6 Å². The van der Waals surface area contributed by atoms with Gasteiger partial charge in [-0.05, 0) is 31.5 Å². The number of sulfonamides is 1. The summed E-state index contributed by atoms with van der Waals surface area (Å²) < 4.78 is 31.8. The van der Waals surface area contributed by atoms with Gasteiger partial charge in [0.05, 0.1) is 17.8 Å². The van der Waals surface area contributed by atoms with E-state index in [2.05, 4.69) is 15.3 Å². The number of ether oxygens (including phenoxy) is 1. The molecule has 0 spiro atoms. The third-order valence-electron chi connectivity index (χ3n) is 4.61. The second-order valence-electron chi connectivity index (χ2n) is 6.75. The van der Waals surface area contributed by atoms with Crippen molar-refractivity contribution < 1.29 is 22.7 Å². The number of esters is 1. The van der Waals surface area contributed by atoms with Crippen LogP contribution >= 0.6 is 11.8 Å². The number of thioether (sulfide) groups is 1. The van der Waals surface area contributed by atoms with Gasteiger partial charge in [0.25, 0.3) is 0 Å². The van der Waals surface area contributed by atoms with Crippen LogP contribution in [0.25, 0.3) is 0 Å². The molecule has 0 saturated heterocycles. The van der Waals surface area contributed by atoms with Crippen LogP contribution in [0.5, 0.6) is 0 Å². The van der Waals surface area contributed by atoms with Crippen molar-refractivity contribution in [3.05, 3.63) is 45.5 Å². The van der Waals surface area contributed by atoms with E-state index in [4.69, 9.17) is 4.74 Å². The first kappa shape index (κ1) is 25.6. The molecule has 12 heteroatoms. The number of nitrogens with zero attached hydrogens (tertiary/aromatic N) is 2.